The fourth-order valence-corrected chi connectivity index (χ4v) is 10.2. The third-order valence-electron chi connectivity index (χ3n) is 15.4. The molecule has 0 aromatic rings. The van der Waals surface area contributed by atoms with Gasteiger partial charge in [0.2, 0.25) is 0 Å². The second-order valence-electron chi connectivity index (χ2n) is 25.1. The van der Waals surface area contributed by atoms with Crippen LogP contribution >= 0.6 is 0 Å². The smallest absolute Gasteiger partial charge is 0.547 e. The minimum absolute atomic E-state index is 0. The van der Waals surface area contributed by atoms with E-state index in [4.69, 9.17) is 39.4 Å². The van der Waals surface area contributed by atoms with Crippen molar-refractivity contribution in [1.29, 1.82) is 0 Å². The van der Waals surface area contributed by atoms with Gasteiger partial charge < -0.3 is 99.4 Å². The Morgan fingerprint density at radius 3 is 0.589 bits per heavy atom. The fraction of sp³-hybridized carbons (Fsp3) is 0.941. The third-order valence-corrected chi connectivity index (χ3v) is 15.4. The molecular weight excluding hydrogens is 1230 g/mol. The number of aliphatic hydroxyl groups excluding tert-OH is 4. The number of rotatable bonds is 20. The standard InChI is InChI=1S/4C13H24O4.4C4H10O.2Ti/c4*1-10(2)17-11-8-6-4-3-5-7-9-13(11,16)12(14)15;4*1-2-3-4-5;;/h4*10-11,16H,3-9H2,1-2H3,(H,14,15);4*5H,2-4H2,1H3;;/q;;;;;;;;;+4/p-4. The first-order chi connectivity index (χ1) is 41.5. The first-order valence-electron chi connectivity index (χ1n) is 34.3. The number of carboxylic acids is 4. The van der Waals surface area contributed by atoms with Crippen LogP contribution in [-0.2, 0) is 81.6 Å². The van der Waals surface area contributed by atoms with Crippen LogP contribution in [0.5, 0.6) is 0 Å². The Hall–Kier alpha value is -1.17. The minimum atomic E-state index is -1.82. The Morgan fingerprint density at radius 2 is 0.478 bits per heavy atom. The van der Waals surface area contributed by atoms with Gasteiger partial charge in [0.15, 0.2) is 0 Å². The summed E-state index contributed by atoms with van der Waals surface area (Å²) in [7, 11) is 0. The number of hydrogen-bond acceptors (Lipinski definition) is 20. The summed E-state index contributed by atoms with van der Waals surface area (Å²) in [6.45, 7) is 24.4. The van der Waals surface area contributed by atoms with Crippen molar-refractivity contribution in [3.8, 4) is 0 Å². The molecule has 90 heavy (non-hydrogen) atoms. The van der Waals surface area contributed by atoms with Crippen LogP contribution < -0.4 is 20.4 Å². The quantitative estimate of drug-likeness (QED) is 0.0562. The fourth-order valence-electron chi connectivity index (χ4n) is 10.2. The number of aliphatic hydroxyl groups is 8. The molecule has 0 spiro atoms. The summed E-state index contributed by atoms with van der Waals surface area (Å²) < 4.78 is 22.4. The molecule has 8 atom stereocenters. The molecule has 4 rings (SSSR count). The SMILES string of the molecule is CC(C)OC1CCCCCCCC1(O)C(=O)[O-].CC(C)OC1CCCCCCCC1(O)C(=O)[O-].CC(C)OC1CCCCCCCC1(O)C(=O)[O-].CC(C)OC1CCCCCCCC1(O)C(=O)[O-].CCCCO.CCCCO.CCCCO.CCCCO.[Ti+4].[Ti]. The van der Waals surface area contributed by atoms with E-state index in [0.717, 1.165) is 154 Å². The molecule has 0 saturated heterocycles. The predicted octanol–water partition coefficient (Wildman–Crippen LogP) is 7.13. The number of hydrogen-bond donors (Lipinski definition) is 8. The van der Waals surface area contributed by atoms with Gasteiger partial charge in [-0.05, 0) is 132 Å². The van der Waals surface area contributed by atoms with Crippen LogP contribution in [0.4, 0.5) is 0 Å². The van der Waals surface area contributed by atoms with Gasteiger partial charge in [0.25, 0.3) is 0 Å². The third kappa shape index (κ3) is 48.5. The average molecular weight is 1370 g/mol. The molecule has 20 nitrogen and oxygen atoms in total. The maximum Gasteiger partial charge on any atom is 4.00 e. The molecule has 4 saturated carbocycles. The second-order valence-corrected chi connectivity index (χ2v) is 25.1. The molecule has 4 aliphatic carbocycles. The van der Waals surface area contributed by atoms with E-state index >= 15 is 0 Å². The van der Waals surface area contributed by atoms with Crippen molar-refractivity contribution >= 4 is 23.9 Å². The zero-order valence-corrected chi connectivity index (χ0v) is 61.5. The van der Waals surface area contributed by atoms with E-state index in [2.05, 4.69) is 27.7 Å². The first-order valence-corrected chi connectivity index (χ1v) is 34.3. The van der Waals surface area contributed by atoms with E-state index in [1.165, 1.54) is 0 Å². The van der Waals surface area contributed by atoms with Gasteiger partial charge in [-0.3, -0.25) is 0 Å². The molecule has 0 heterocycles. The van der Waals surface area contributed by atoms with Crippen LogP contribution in [0.25, 0.3) is 0 Å². The molecule has 0 aromatic carbocycles. The van der Waals surface area contributed by atoms with Crippen molar-refractivity contribution in [3.05, 3.63) is 0 Å². The maximum atomic E-state index is 11.2. The van der Waals surface area contributed by atoms with Gasteiger partial charge in [-0.2, -0.15) is 0 Å². The van der Waals surface area contributed by atoms with Gasteiger partial charge in [0.1, 0.15) is 22.4 Å². The summed E-state index contributed by atoms with van der Waals surface area (Å²) in [5.41, 5.74) is -7.30. The summed E-state index contributed by atoms with van der Waals surface area (Å²) in [5.74, 6) is -5.59. The summed E-state index contributed by atoms with van der Waals surface area (Å²) in [6.07, 6.45) is 27.4. The van der Waals surface area contributed by atoms with Crippen LogP contribution in [0, 0.1) is 0 Å². The second kappa shape index (κ2) is 62.6. The van der Waals surface area contributed by atoms with E-state index in [-0.39, 0.29) is 93.5 Å². The normalized spacial score (nSPS) is 25.8. The number of unbranched alkanes of at least 4 members (excludes halogenated alkanes) is 4. The van der Waals surface area contributed by atoms with Gasteiger partial charge in [-0.1, -0.05) is 182 Å². The maximum absolute atomic E-state index is 11.2. The van der Waals surface area contributed by atoms with Crippen LogP contribution in [-0.4, -0.2) is 162 Å². The zero-order chi connectivity index (χ0) is 68.0. The number of ether oxygens (including phenoxy) is 4. The molecule has 0 bridgehead atoms. The number of aliphatic carboxylic acids is 4. The van der Waals surface area contributed by atoms with Gasteiger partial charge in [-0.15, -0.1) is 0 Å². The van der Waals surface area contributed by atoms with Gasteiger partial charge >= 0.3 is 21.7 Å². The number of carbonyl (C=O) groups excluding carboxylic acids is 4. The largest absolute Gasteiger partial charge is 4.00 e. The predicted molar refractivity (Wildman–Crippen MR) is 337 cm³/mol. The Labute approximate surface area is 575 Å². The van der Waals surface area contributed by atoms with Crippen molar-refractivity contribution in [2.24, 2.45) is 0 Å². The summed E-state index contributed by atoms with van der Waals surface area (Å²) in [6, 6.07) is 0. The van der Waals surface area contributed by atoms with Crippen LogP contribution in [0.2, 0.25) is 0 Å². The minimum Gasteiger partial charge on any atom is -0.547 e. The molecule has 0 amide bonds. The molecule has 532 valence electrons. The zero-order valence-electron chi connectivity index (χ0n) is 58.4. The van der Waals surface area contributed by atoms with Crippen LogP contribution in [0.15, 0.2) is 0 Å². The number of carboxylic acid groups (broad SMARTS) is 4. The molecule has 0 radical (unpaired) electrons. The summed E-state index contributed by atoms with van der Waals surface area (Å²) >= 11 is 0. The van der Waals surface area contributed by atoms with Crippen LogP contribution in [0.1, 0.15) is 314 Å². The number of carbonyl (C=O) groups is 4. The Kier molecular flexibility index (Phi) is 69.5. The van der Waals surface area contributed by atoms with Gasteiger partial charge in [0, 0.05) is 48.1 Å². The molecule has 8 N–H and O–H groups in total. The van der Waals surface area contributed by atoms with E-state index in [9.17, 15) is 60.0 Å². The summed E-state index contributed by atoms with van der Waals surface area (Å²) in [4.78, 5) is 44.8. The molecule has 4 aliphatic rings. The molecule has 8 unspecified atom stereocenters. The van der Waals surface area contributed by atoms with Crippen molar-refractivity contribution < 1.29 is 143 Å². The van der Waals surface area contributed by atoms with Crippen molar-refractivity contribution in [2.75, 3.05) is 26.4 Å². The first kappa shape index (κ1) is 99.9. The Bertz CT molecular complexity index is 1410. The van der Waals surface area contributed by atoms with Crippen molar-refractivity contribution in [2.45, 2.75) is 385 Å². The Balaban J connectivity index is -0.000000235. The van der Waals surface area contributed by atoms with E-state index in [1.807, 2.05) is 55.4 Å². The molecule has 4 fully saturated rings. The monoisotopic (exact) mass is 1360 g/mol. The Morgan fingerprint density at radius 1 is 0.333 bits per heavy atom. The van der Waals surface area contributed by atoms with E-state index in [0.29, 0.717) is 77.8 Å². The topological polar surface area (TPSA) is 359 Å². The summed E-state index contributed by atoms with van der Waals surface area (Å²) in [5, 5.41) is 118. The molecular formula is C68H132O20Ti2. The van der Waals surface area contributed by atoms with Crippen LogP contribution in [0.3, 0.4) is 0 Å². The van der Waals surface area contributed by atoms with E-state index < -0.39 is 70.7 Å². The molecule has 0 aromatic heterocycles. The average Bonchev–Trinajstić information content (AvgIpc) is 1.91. The van der Waals surface area contributed by atoms with E-state index in [1.54, 1.807) is 0 Å². The van der Waals surface area contributed by atoms with Gasteiger partial charge in [0.05, 0.1) is 72.7 Å². The molecule has 0 aliphatic heterocycles. The van der Waals surface area contributed by atoms with Crippen molar-refractivity contribution in [1.82, 2.24) is 0 Å². The van der Waals surface area contributed by atoms with Crippen molar-refractivity contribution in [3.63, 3.8) is 0 Å². The van der Waals surface area contributed by atoms with Gasteiger partial charge in [-0.25, -0.2) is 0 Å². The molecule has 22 heteroatoms.